The van der Waals surface area contributed by atoms with Crippen LogP contribution >= 0.6 is 0 Å². The second-order valence-electron chi connectivity index (χ2n) is 9.81. The number of piperidine rings is 1. The molecule has 2 bridgehead atoms. The van der Waals surface area contributed by atoms with Crippen LogP contribution in [0, 0.1) is 0 Å². The van der Waals surface area contributed by atoms with Crippen molar-refractivity contribution in [3.05, 3.63) is 55.0 Å². The Hall–Kier alpha value is -3.49. The number of nitrogens with one attached hydrogen (secondary N) is 1. The first-order valence-corrected chi connectivity index (χ1v) is 12.1. The third-order valence-electron chi connectivity index (χ3n) is 6.63. The predicted octanol–water partition coefficient (Wildman–Crippen LogP) is 4.23. The summed E-state index contributed by atoms with van der Waals surface area (Å²) in [5, 5.41) is 5.45. The first-order chi connectivity index (χ1) is 17.0. The van der Waals surface area contributed by atoms with Gasteiger partial charge in [-0.3, -0.25) is 4.98 Å². The second-order valence-corrected chi connectivity index (χ2v) is 9.81. The standard InChI is InChI=1S/C27H30N6O2/c1-17(13-32(2)3)34-25-11-20(33-14-21-12-22(15-33)35-21)10-24-26(25)27(30-16-29-24)31-19-6-7-23-18(9-19)5-4-8-28-23/h4-11,16-17,21-22H,12-15H2,1-3H3,(H,29,30,31). The van der Waals surface area contributed by atoms with E-state index in [9.17, 15) is 0 Å². The van der Waals surface area contributed by atoms with Crippen molar-refractivity contribution in [1.29, 1.82) is 0 Å². The Balaban J connectivity index is 1.40. The number of rotatable bonds is 7. The number of morpholine rings is 1. The molecule has 8 nitrogen and oxygen atoms in total. The van der Waals surface area contributed by atoms with Crippen molar-refractivity contribution in [2.24, 2.45) is 0 Å². The quantitative estimate of drug-likeness (QED) is 0.430. The van der Waals surface area contributed by atoms with Gasteiger partial charge in [0.2, 0.25) is 0 Å². The van der Waals surface area contributed by atoms with E-state index >= 15 is 0 Å². The van der Waals surface area contributed by atoms with Crippen molar-refractivity contribution in [2.75, 3.05) is 43.9 Å². The van der Waals surface area contributed by atoms with Crippen LogP contribution in [0.4, 0.5) is 17.2 Å². The van der Waals surface area contributed by atoms with Gasteiger partial charge in [-0.1, -0.05) is 6.07 Å². The second kappa shape index (κ2) is 8.94. The van der Waals surface area contributed by atoms with Crippen LogP contribution in [0.5, 0.6) is 5.75 Å². The molecule has 3 unspecified atom stereocenters. The Labute approximate surface area is 204 Å². The van der Waals surface area contributed by atoms with Crippen LogP contribution in [-0.4, -0.2) is 71.9 Å². The zero-order valence-corrected chi connectivity index (χ0v) is 20.3. The molecule has 7 rings (SSSR count). The molecule has 35 heavy (non-hydrogen) atoms. The van der Waals surface area contributed by atoms with Crippen molar-refractivity contribution in [1.82, 2.24) is 19.9 Å². The molecule has 3 fully saturated rings. The number of benzene rings is 2. The summed E-state index contributed by atoms with van der Waals surface area (Å²) < 4.78 is 12.4. The molecule has 4 aromatic rings. The highest BCUT2D eigenvalue weighted by Gasteiger charge is 2.38. The Morgan fingerprint density at radius 3 is 2.71 bits per heavy atom. The fraction of sp³-hybridized carbons (Fsp3) is 0.370. The van der Waals surface area contributed by atoms with Crippen LogP contribution in [0.3, 0.4) is 0 Å². The number of hydrogen-bond acceptors (Lipinski definition) is 8. The Kier molecular flexibility index (Phi) is 5.62. The van der Waals surface area contributed by atoms with Crippen LogP contribution in [-0.2, 0) is 4.74 Å². The van der Waals surface area contributed by atoms with E-state index in [1.165, 1.54) is 0 Å². The van der Waals surface area contributed by atoms with Gasteiger partial charge >= 0.3 is 0 Å². The van der Waals surface area contributed by atoms with Gasteiger partial charge in [0.25, 0.3) is 0 Å². The summed E-state index contributed by atoms with van der Waals surface area (Å²) in [7, 11) is 4.11. The van der Waals surface area contributed by atoms with Gasteiger partial charge in [-0.15, -0.1) is 0 Å². The first-order valence-electron chi connectivity index (χ1n) is 12.1. The maximum absolute atomic E-state index is 6.53. The molecule has 5 heterocycles. The highest BCUT2D eigenvalue weighted by atomic mass is 16.5. The molecule has 0 radical (unpaired) electrons. The van der Waals surface area contributed by atoms with E-state index in [0.717, 1.165) is 70.8 Å². The largest absolute Gasteiger partial charge is 0.488 e. The molecule has 3 saturated heterocycles. The number of aromatic nitrogens is 3. The highest BCUT2D eigenvalue weighted by Crippen LogP contribution is 2.39. The van der Waals surface area contributed by atoms with Crippen molar-refractivity contribution in [3.63, 3.8) is 0 Å². The van der Waals surface area contributed by atoms with Crippen LogP contribution in [0.1, 0.15) is 13.3 Å². The summed E-state index contributed by atoms with van der Waals surface area (Å²) in [5.41, 5.74) is 3.87. The minimum atomic E-state index is 0.00124. The van der Waals surface area contributed by atoms with Crippen molar-refractivity contribution in [2.45, 2.75) is 31.7 Å². The van der Waals surface area contributed by atoms with Crippen LogP contribution < -0.4 is 15.0 Å². The first kappa shape index (κ1) is 22.0. The van der Waals surface area contributed by atoms with E-state index in [1.54, 1.807) is 12.5 Å². The number of ether oxygens (including phenoxy) is 2. The summed E-state index contributed by atoms with van der Waals surface area (Å²) in [4.78, 5) is 18.2. The lowest BCUT2D eigenvalue weighted by Gasteiger charge is -2.48. The molecule has 180 valence electrons. The van der Waals surface area contributed by atoms with E-state index < -0.39 is 0 Å². The zero-order chi connectivity index (χ0) is 23.9. The van der Waals surface area contributed by atoms with Crippen LogP contribution in [0.15, 0.2) is 55.0 Å². The normalized spacial score (nSPS) is 20.2. The number of hydrogen-bond donors (Lipinski definition) is 1. The molecular formula is C27H30N6O2. The Bertz CT molecular complexity index is 1360. The molecule has 0 amide bonds. The Morgan fingerprint density at radius 2 is 1.91 bits per heavy atom. The molecule has 2 aromatic heterocycles. The number of anilines is 3. The Morgan fingerprint density at radius 1 is 1.09 bits per heavy atom. The predicted molar refractivity (Wildman–Crippen MR) is 139 cm³/mol. The average Bonchev–Trinajstić information content (AvgIpc) is 2.83. The molecule has 0 aliphatic carbocycles. The van der Waals surface area contributed by atoms with Gasteiger partial charge in [-0.2, -0.15) is 0 Å². The number of likely N-dealkylation sites (N-methyl/N-ethyl adjacent to an activating group) is 1. The van der Waals surface area contributed by atoms with Crippen molar-refractivity contribution >= 4 is 39.0 Å². The van der Waals surface area contributed by atoms with Crippen LogP contribution in [0.2, 0.25) is 0 Å². The maximum atomic E-state index is 6.53. The van der Waals surface area contributed by atoms with E-state index in [0.29, 0.717) is 12.2 Å². The topological polar surface area (TPSA) is 75.6 Å². The molecule has 8 heteroatoms. The molecule has 3 aliphatic heterocycles. The fourth-order valence-electron chi connectivity index (χ4n) is 5.13. The lowest BCUT2D eigenvalue weighted by Crippen LogP contribution is -2.57. The molecule has 2 aromatic carbocycles. The monoisotopic (exact) mass is 470 g/mol. The van der Waals surface area contributed by atoms with E-state index in [2.05, 4.69) is 75.4 Å². The van der Waals surface area contributed by atoms with E-state index in [1.807, 2.05) is 18.2 Å². The van der Waals surface area contributed by atoms with Crippen molar-refractivity contribution in [3.8, 4) is 5.75 Å². The van der Waals surface area contributed by atoms with E-state index in [-0.39, 0.29) is 6.10 Å². The molecule has 0 spiro atoms. The van der Waals surface area contributed by atoms with Gasteiger partial charge in [-0.25, -0.2) is 9.97 Å². The lowest BCUT2D eigenvalue weighted by molar-refractivity contribution is -0.133. The third-order valence-corrected chi connectivity index (χ3v) is 6.63. The molecule has 3 atom stereocenters. The zero-order valence-electron chi connectivity index (χ0n) is 20.3. The van der Waals surface area contributed by atoms with Gasteiger partial charge in [-0.05, 0) is 51.4 Å². The molecular weight excluding hydrogens is 440 g/mol. The molecule has 0 saturated carbocycles. The average molecular weight is 471 g/mol. The van der Waals surface area contributed by atoms with E-state index in [4.69, 9.17) is 9.47 Å². The van der Waals surface area contributed by atoms with Gasteiger partial charge in [0.15, 0.2) is 0 Å². The molecule has 3 aliphatic rings. The highest BCUT2D eigenvalue weighted by molar-refractivity contribution is 5.98. The summed E-state index contributed by atoms with van der Waals surface area (Å²) in [6.45, 7) is 4.70. The fourth-order valence-corrected chi connectivity index (χ4v) is 5.13. The summed E-state index contributed by atoms with van der Waals surface area (Å²) in [6.07, 6.45) is 5.23. The van der Waals surface area contributed by atoms with Gasteiger partial charge in [0.1, 0.15) is 24.0 Å². The number of nitrogens with zero attached hydrogens (tertiary/aromatic N) is 5. The molecule has 1 N–H and O–H groups in total. The lowest BCUT2D eigenvalue weighted by atomic mass is 9.98. The van der Waals surface area contributed by atoms with Crippen molar-refractivity contribution < 1.29 is 9.47 Å². The minimum Gasteiger partial charge on any atom is -0.488 e. The summed E-state index contributed by atoms with van der Waals surface area (Å²) >= 11 is 0. The summed E-state index contributed by atoms with van der Waals surface area (Å²) in [6, 6.07) is 14.4. The summed E-state index contributed by atoms with van der Waals surface area (Å²) in [5.74, 6) is 1.51. The maximum Gasteiger partial charge on any atom is 0.145 e. The number of fused-ring (bicyclic) bond motifs is 4. The number of pyridine rings is 1. The SMILES string of the molecule is CC(CN(C)C)Oc1cc(N2CC3CC(C2)O3)cc2ncnc(Nc3ccc4ncccc4c3)c12. The van der Waals surface area contributed by atoms with Crippen LogP contribution in [0.25, 0.3) is 21.8 Å². The minimum absolute atomic E-state index is 0.00124. The third kappa shape index (κ3) is 4.47. The van der Waals surface area contributed by atoms with Gasteiger partial charge in [0.05, 0.1) is 28.6 Å². The smallest absolute Gasteiger partial charge is 0.145 e. The van der Waals surface area contributed by atoms with Gasteiger partial charge in [0, 0.05) is 55.1 Å². The van der Waals surface area contributed by atoms with Gasteiger partial charge < -0.3 is 24.6 Å².